The molecule has 1 atom stereocenters. The van der Waals surface area contributed by atoms with E-state index in [1.54, 1.807) is 12.1 Å². The SMILES string of the molecule is CCCCCOC(=O)CC1C(=O)NCCN1C(=O)c1ccc(-c2ccccc2)cc1. The summed E-state index contributed by atoms with van der Waals surface area (Å²) in [5.41, 5.74) is 2.57. The molecule has 1 aliphatic heterocycles. The van der Waals surface area contributed by atoms with Crippen LogP contribution in [0.5, 0.6) is 0 Å². The highest BCUT2D eigenvalue weighted by molar-refractivity contribution is 5.99. The van der Waals surface area contributed by atoms with Crippen molar-refractivity contribution >= 4 is 17.8 Å². The Morgan fingerprint density at radius 1 is 1.03 bits per heavy atom. The van der Waals surface area contributed by atoms with Crippen LogP contribution in [0.15, 0.2) is 54.6 Å². The molecule has 1 unspecified atom stereocenters. The lowest BCUT2D eigenvalue weighted by Gasteiger charge is -2.34. The van der Waals surface area contributed by atoms with Crippen LogP contribution in [0.25, 0.3) is 11.1 Å². The van der Waals surface area contributed by atoms with E-state index in [2.05, 4.69) is 12.2 Å². The van der Waals surface area contributed by atoms with Crippen molar-refractivity contribution in [1.29, 1.82) is 0 Å². The van der Waals surface area contributed by atoms with Gasteiger partial charge in [0.25, 0.3) is 5.91 Å². The zero-order valence-corrected chi connectivity index (χ0v) is 17.3. The number of benzene rings is 2. The second-order valence-electron chi connectivity index (χ2n) is 7.38. The van der Waals surface area contributed by atoms with E-state index in [4.69, 9.17) is 4.74 Å². The fraction of sp³-hybridized carbons (Fsp3) is 0.375. The van der Waals surface area contributed by atoms with Crippen LogP contribution in [0.2, 0.25) is 0 Å². The van der Waals surface area contributed by atoms with E-state index in [1.165, 1.54) is 4.90 Å². The zero-order valence-electron chi connectivity index (χ0n) is 17.3. The number of piperazine rings is 1. The summed E-state index contributed by atoms with van der Waals surface area (Å²) >= 11 is 0. The number of ether oxygens (including phenoxy) is 1. The van der Waals surface area contributed by atoms with Crippen molar-refractivity contribution < 1.29 is 19.1 Å². The molecule has 6 nitrogen and oxygen atoms in total. The van der Waals surface area contributed by atoms with Gasteiger partial charge in [-0.2, -0.15) is 0 Å². The Balaban J connectivity index is 1.67. The molecule has 6 heteroatoms. The highest BCUT2D eigenvalue weighted by Crippen LogP contribution is 2.21. The molecule has 3 rings (SSSR count). The number of nitrogens with zero attached hydrogens (tertiary/aromatic N) is 1. The molecule has 1 heterocycles. The maximum absolute atomic E-state index is 13.1. The second-order valence-corrected chi connectivity index (χ2v) is 7.38. The van der Waals surface area contributed by atoms with Gasteiger partial charge in [-0.25, -0.2) is 0 Å². The number of esters is 1. The molecule has 1 aliphatic rings. The fourth-order valence-electron chi connectivity index (χ4n) is 3.52. The van der Waals surface area contributed by atoms with Gasteiger partial charge in [-0.3, -0.25) is 14.4 Å². The van der Waals surface area contributed by atoms with E-state index in [-0.39, 0.29) is 18.2 Å². The fourth-order valence-corrected chi connectivity index (χ4v) is 3.52. The molecule has 30 heavy (non-hydrogen) atoms. The number of amides is 2. The Labute approximate surface area is 177 Å². The van der Waals surface area contributed by atoms with E-state index in [0.29, 0.717) is 25.3 Å². The van der Waals surface area contributed by atoms with Crippen molar-refractivity contribution in [2.45, 2.75) is 38.6 Å². The summed E-state index contributed by atoms with van der Waals surface area (Å²) in [7, 11) is 0. The van der Waals surface area contributed by atoms with Gasteiger partial charge in [0.2, 0.25) is 5.91 Å². The first-order chi connectivity index (χ1) is 14.6. The maximum Gasteiger partial charge on any atom is 0.308 e. The first-order valence-corrected chi connectivity index (χ1v) is 10.5. The smallest absolute Gasteiger partial charge is 0.308 e. The maximum atomic E-state index is 13.1. The molecule has 1 N–H and O–H groups in total. The number of carbonyl (C=O) groups is 3. The molecule has 0 saturated carbocycles. The molecule has 1 fully saturated rings. The van der Waals surface area contributed by atoms with E-state index >= 15 is 0 Å². The van der Waals surface area contributed by atoms with Gasteiger partial charge in [0.05, 0.1) is 13.0 Å². The minimum atomic E-state index is -0.848. The molecular weight excluding hydrogens is 380 g/mol. The monoisotopic (exact) mass is 408 g/mol. The first-order valence-electron chi connectivity index (χ1n) is 10.5. The van der Waals surface area contributed by atoms with E-state index < -0.39 is 12.0 Å². The Hall–Kier alpha value is -3.15. The summed E-state index contributed by atoms with van der Waals surface area (Å²) in [4.78, 5) is 39.1. The van der Waals surface area contributed by atoms with Crippen LogP contribution in [0, 0.1) is 0 Å². The molecule has 0 bridgehead atoms. The third kappa shape index (κ3) is 5.47. The molecular formula is C24H28N2O4. The standard InChI is InChI=1S/C24H28N2O4/c1-2-3-7-16-30-22(27)17-21-23(28)25-14-15-26(21)24(29)20-12-10-19(11-13-20)18-8-5-4-6-9-18/h4-6,8-13,21H,2-3,7,14-17H2,1H3,(H,25,28). The highest BCUT2D eigenvalue weighted by Gasteiger charge is 2.35. The minimum absolute atomic E-state index is 0.133. The van der Waals surface area contributed by atoms with Gasteiger partial charge in [-0.15, -0.1) is 0 Å². The lowest BCUT2D eigenvalue weighted by molar-refractivity contribution is -0.147. The van der Waals surface area contributed by atoms with Crippen molar-refractivity contribution in [2.24, 2.45) is 0 Å². The average Bonchev–Trinajstić information content (AvgIpc) is 2.78. The van der Waals surface area contributed by atoms with Crippen LogP contribution in [-0.4, -0.2) is 48.4 Å². The molecule has 158 valence electrons. The number of hydrogen-bond acceptors (Lipinski definition) is 4. The molecule has 0 spiro atoms. The van der Waals surface area contributed by atoms with Crippen molar-refractivity contribution in [2.75, 3.05) is 19.7 Å². The summed E-state index contributed by atoms with van der Waals surface area (Å²) in [5.74, 6) is -1.03. The van der Waals surface area contributed by atoms with Crippen molar-refractivity contribution in [3.05, 3.63) is 60.2 Å². The molecule has 1 saturated heterocycles. The molecule has 0 radical (unpaired) electrons. The van der Waals surface area contributed by atoms with Crippen LogP contribution >= 0.6 is 0 Å². The number of unbranched alkanes of at least 4 members (excludes halogenated alkanes) is 2. The second kappa shape index (κ2) is 10.6. The van der Waals surface area contributed by atoms with Crippen molar-refractivity contribution in [3.8, 4) is 11.1 Å². The first kappa shape index (κ1) is 21.6. The van der Waals surface area contributed by atoms with Crippen LogP contribution < -0.4 is 5.32 Å². The van der Waals surface area contributed by atoms with E-state index in [0.717, 1.165) is 30.4 Å². The largest absolute Gasteiger partial charge is 0.466 e. The third-order valence-corrected chi connectivity index (χ3v) is 5.20. The Bertz CT molecular complexity index is 865. The Morgan fingerprint density at radius 2 is 1.73 bits per heavy atom. The summed E-state index contributed by atoms with van der Waals surface area (Å²) < 4.78 is 5.24. The quantitative estimate of drug-likeness (QED) is 0.536. The Kier molecular flexibility index (Phi) is 7.60. The summed E-state index contributed by atoms with van der Waals surface area (Å²) in [5, 5.41) is 2.74. The average molecular weight is 408 g/mol. The normalized spacial score (nSPS) is 16.1. The lowest BCUT2D eigenvalue weighted by Crippen LogP contribution is -2.57. The third-order valence-electron chi connectivity index (χ3n) is 5.20. The summed E-state index contributed by atoms with van der Waals surface area (Å²) in [6.07, 6.45) is 2.69. The predicted octanol–water partition coefficient (Wildman–Crippen LogP) is 3.42. The van der Waals surface area contributed by atoms with Gasteiger partial charge in [0.1, 0.15) is 6.04 Å². The van der Waals surface area contributed by atoms with E-state index in [9.17, 15) is 14.4 Å². The number of rotatable bonds is 8. The molecule has 2 aromatic rings. The summed E-state index contributed by atoms with van der Waals surface area (Å²) in [6.45, 7) is 3.15. The lowest BCUT2D eigenvalue weighted by atomic mass is 10.0. The predicted molar refractivity (Wildman–Crippen MR) is 115 cm³/mol. The van der Waals surface area contributed by atoms with Gasteiger partial charge in [0, 0.05) is 18.7 Å². The topological polar surface area (TPSA) is 75.7 Å². The van der Waals surface area contributed by atoms with Crippen molar-refractivity contribution in [1.82, 2.24) is 10.2 Å². The Morgan fingerprint density at radius 3 is 2.43 bits per heavy atom. The van der Waals surface area contributed by atoms with E-state index in [1.807, 2.05) is 42.5 Å². The van der Waals surface area contributed by atoms with Crippen LogP contribution in [0.4, 0.5) is 0 Å². The van der Waals surface area contributed by atoms with Gasteiger partial charge in [-0.05, 0) is 29.7 Å². The molecule has 2 amide bonds. The molecule has 0 aromatic heterocycles. The minimum Gasteiger partial charge on any atom is -0.466 e. The van der Waals surface area contributed by atoms with Gasteiger partial charge in [-0.1, -0.05) is 62.2 Å². The zero-order chi connectivity index (χ0) is 21.3. The molecule has 0 aliphatic carbocycles. The van der Waals surface area contributed by atoms with Gasteiger partial charge in [0.15, 0.2) is 0 Å². The number of carbonyl (C=O) groups excluding carboxylic acids is 3. The van der Waals surface area contributed by atoms with Crippen LogP contribution in [-0.2, 0) is 14.3 Å². The van der Waals surface area contributed by atoms with Gasteiger partial charge < -0.3 is 15.0 Å². The summed E-state index contributed by atoms with van der Waals surface area (Å²) in [6, 6.07) is 16.4. The number of nitrogens with one attached hydrogen (secondary N) is 1. The van der Waals surface area contributed by atoms with Crippen LogP contribution in [0.1, 0.15) is 43.0 Å². The molecule has 2 aromatic carbocycles. The number of hydrogen-bond donors (Lipinski definition) is 1. The van der Waals surface area contributed by atoms with Crippen molar-refractivity contribution in [3.63, 3.8) is 0 Å². The van der Waals surface area contributed by atoms with Gasteiger partial charge >= 0.3 is 5.97 Å². The van der Waals surface area contributed by atoms with Crippen LogP contribution in [0.3, 0.4) is 0 Å². The highest BCUT2D eigenvalue weighted by atomic mass is 16.5.